The number of rotatable bonds is 2. The van der Waals surface area contributed by atoms with Gasteiger partial charge >= 0.3 is 0 Å². The Hall–Kier alpha value is -1.72. The summed E-state index contributed by atoms with van der Waals surface area (Å²) < 4.78 is 0. The standard InChI is InChI=1S/C18H24N4O/c1-21-9-4-7-18(13-23)8-10-22(12-16(18)21)17-11-19-14-5-2-3-6-15(14)20-17/h2-3,5-6,11,16,23H,4,7-10,12-13H2,1H3/t16-,18-/m1/s1. The van der Waals surface area contributed by atoms with Crippen LogP contribution in [0, 0.1) is 5.41 Å². The minimum Gasteiger partial charge on any atom is -0.396 e. The second kappa shape index (κ2) is 5.73. The molecule has 2 aromatic rings. The number of aliphatic hydroxyl groups is 1. The fourth-order valence-electron chi connectivity index (χ4n) is 4.32. The van der Waals surface area contributed by atoms with E-state index in [1.54, 1.807) is 0 Å². The number of fused-ring (bicyclic) bond motifs is 2. The van der Waals surface area contributed by atoms with Crippen LogP contribution in [0.5, 0.6) is 0 Å². The summed E-state index contributed by atoms with van der Waals surface area (Å²) in [7, 11) is 2.18. The van der Waals surface area contributed by atoms with Gasteiger partial charge < -0.3 is 14.9 Å². The first-order valence-electron chi connectivity index (χ1n) is 8.50. The van der Waals surface area contributed by atoms with Crippen LogP contribution in [0.25, 0.3) is 11.0 Å². The smallest absolute Gasteiger partial charge is 0.147 e. The average Bonchev–Trinajstić information content (AvgIpc) is 2.61. The third-order valence-corrected chi connectivity index (χ3v) is 5.77. The topological polar surface area (TPSA) is 52.5 Å². The van der Waals surface area contributed by atoms with E-state index >= 15 is 0 Å². The monoisotopic (exact) mass is 312 g/mol. The number of likely N-dealkylation sites (N-methyl/N-ethyl adjacent to an activating group) is 1. The van der Waals surface area contributed by atoms with Gasteiger partial charge in [-0.15, -0.1) is 0 Å². The van der Waals surface area contributed by atoms with Crippen LogP contribution in [0.2, 0.25) is 0 Å². The highest BCUT2D eigenvalue weighted by Crippen LogP contribution is 2.42. The van der Waals surface area contributed by atoms with Crippen molar-refractivity contribution in [3.63, 3.8) is 0 Å². The molecule has 23 heavy (non-hydrogen) atoms. The van der Waals surface area contributed by atoms with Crippen molar-refractivity contribution in [2.75, 3.05) is 38.2 Å². The van der Waals surface area contributed by atoms with Gasteiger partial charge in [0.15, 0.2) is 0 Å². The molecule has 5 nitrogen and oxygen atoms in total. The van der Waals surface area contributed by atoms with Crippen molar-refractivity contribution < 1.29 is 5.11 Å². The molecule has 2 atom stereocenters. The molecule has 0 radical (unpaired) electrons. The second-order valence-corrected chi connectivity index (χ2v) is 7.03. The van der Waals surface area contributed by atoms with E-state index in [9.17, 15) is 5.11 Å². The molecule has 0 spiro atoms. The Kier molecular flexibility index (Phi) is 3.70. The van der Waals surface area contributed by atoms with Gasteiger partial charge in [0.2, 0.25) is 0 Å². The number of piperidine rings is 2. The minimum absolute atomic E-state index is 0.0633. The van der Waals surface area contributed by atoms with Crippen LogP contribution in [0.4, 0.5) is 5.82 Å². The first kappa shape index (κ1) is 14.8. The minimum atomic E-state index is 0.0633. The molecule has 3 heterocycles. The lowest BCUT2D eigenvalue weighted by atomic mass is 9.69. The van der Waals surface area contributed by atoms with E-state index in [0.29, 0.717) is 12.6 Å². The van der Waals surface area contributed by atoms with Crippen LogP contribution in [-0.2, 0) is 0 Å². The maximum absolute atomic E-state index is 10.0. The van der Waals surface area contributed by atoms with Gasteiger partial charge in [0.05, 0.1) is 23.8 Å². The molecule has 5 heteroatoms. The molecule has 0 amide bonds. The summed E-state index contributed by atoms with van der Waals surface area (Å²) in [6.45, 7) is 3.27. The quantitative estimate of drug-likeness (QED) is 0.918. The maximum Gasteiger partial charge on any atom is 0.147 e. The van der Waals surface area contributed by atoms with Crippen molar-refractivity contribution in [1.82, 2.24) is 14.9 Å². The molecule has 0 saturated carbocycles. The average molecular weight is 312 g/mol. The zero-order valence-corrected chi connectivity index (χ0v) is 13.6. The van der Waals surface area contributed by atoms with Crippen molar-refractivity contribution in [3.8, 4) is 0 Å². The predicted octanol–water partition coefficient (Wildman–Crippen LogP) is 1.91. The highest BCUT2D eigenvalue weighted by molar-refractivity contribution is 5.75. The van der Waals surface area contributed by atoms with E-state index in [1.807, 2.05) is 30.5 Å². The number of hydrogen-bond donors (Lipinski definition) is 1. The number of aromatic nitrogens is 2. The molecule has 2 aliphatic heterocycles. The predicted molar refractivity (Wildman–Crippen MR) is 91.5 cm³/mol. The summed E-state index contributed by atoms with van der Waals surface area (Å²) in [5.41, 5.74) is 1.95. The van der Waals surface area contributed by atoms with Crippen molar-refractivity contribution in [2.24, 2.45) is 5.41 Å². The van der Waals surface area contributed by atoms with Crippen molar-refractivity contribution >= 4 is 16.9 Å². The number of likely N-dealkylation sites (tertiary alicyclic amines) is 1. The highest BCUT2D eigenvalue weighted by Gasteiger charge is 2.46. The number of hydrogen-bond acceptors (Lipinski definition) is 5. The zero-order valence-electron chi connectivity index (χ0n) is 13.6. The molecule has 2 saturated heterocycles. The van der Waals surface area contributed by atoms with Gasteiger partial charge in [-0.2, -0.15) is 0 Å². The van der Waals surface area contributed by atoms with Crippen LogP contribution < -0.4 is 4.90 Å². The number of benzene rings is 1. The molecule has 1 aromatic carbocycles. The summed E-state index contributed by atoms with van der Waals surface area (Å²) in [5.74, 6) is 0.953. The molecular weight excluding hydrogens is 288 g/mol. The Morgan fingerprint density at radius 2 is 2.04 bits per heavy atom. The summed E-state index contributed by atoms with van der Waals surface area (Å²) >= 11 is 0. The lowest BCUT2D eigenvalue weighted by Crippen LogP contribution is -2.61. The first-order chi connectivity index (χ1) is 11.2. The Labute approximate surface area is 137 Å². The lowest BCUT2D eigenvalue weighted by Gasteiger charge is -2.53. The van der Waals surface area contributed by atoms with Gasteiger partial charge in [0.1, 0.15) is 5.82 Å². The van der Waals surface area contributed by atoms with Crippen LogP contribution in [0.15, 0.2) is 30.5 Å². The Morgan fingerprint density at radius 3 is 2.87 bits per heavy atom. The SMILES string of the molecule is CN1CCC[C@]2(CO)CCN(c3cnc4ccccc4n3)C[C@@H]12. The van der Waals surface area contributed by atoms with Crippen molar-refractivity contribution in [1.29, 1.82) is 0 Å². The normalized spacial score (nSPS) is 28.8. The molecule has 0 unspecified atom stereocenters. The Balaban J connectivity index is 1.62. The van der Waals surface area contributed by atoms with Gasteiger partial charge in [-0.3, -0.25) is 4.98 Å². The van der Waals surface area contributed by atoms with Crippen molar-refractivity contribution in [3.05, 3.63) is 30.5 Å². The first-order valence-corrected chi connectivity index (χ1v) is 8.50. The number of para-hydroxylation sites is 2. The molecule has 1 N–H and O–H groups in total. The van der Waals surface area contributed by atoms with Crippen LogP contribution in [-0.4, -0.2) is 59.3 Å². The molecular formula is C18H24N4O. The van der Waals surface area contributed by atoms with Gasteiger partial charge in [0.25, 0.3) is 0 Å². The van der Waals surface area contributed by atoms with Crippen molar-refractivity contribution in [2.45, 2.75) is 25.3 Å². The number of aliphatic hydroxyl groups excluding tert-OH is 1. The third-order valence-electron chi connectivity index (χ3n) is 5.77. The highest BCUT2D eigenvalue weighted by atomic mass is 16.3. The molecule has 2 aliphatic rings. The van der Waals surface area contributed by atoms with Crippen LogP contribution in [0.3, 0.4) is 0 Å². The second-order valence-electron chi connectivity index (χ2n) is 7.03. The summed E-state index contributed by atoms with van der Waals surface area (Å²) in [6.07, 6.45) is 5.23. The van der Waals surface area contributed by atoms with Gasteiger partial charge in [-0.25, -0.2) is 4.98 Å². The fraction of sp³-hybridized carbons (Fsp3) is 0.556. The van der Waals surface area contributed by atoms with Crippen LogP contribution >= 0.6 is 0 Å². The van der Waals surface area contributed by atoms with E-state index < -0.39 is 0 Å². The molecule has 0 aliphatic carbocycles. The summed E-state index contributed by atoms with van der Waals surface area (Å²) in [6, 6.07) is 8.39. The van der Waals surface area contributed by atoms with E-state index in [2.05, 4.69) is 21.8 Å². The third kappa shape index (κ3) is 2.48. The van der Waals surface area contributed by atoms with E-state index in [-0.39, 0.29) is 5.41 Å². The van der Waals surface area contributed by atoms with Gasteiger partial charge in [-0.05, 0) is 45.0 Å². The Bertz CT molecular complexity index is 706. The van der Waals surface area contributed by atoms with Crippen LogP contribution in [0.1, 0.15) is 19.3 Å². The summed E-state index contributed by atoms with van der Waals surface area (Å²) in [4.78, 5) is 14.1. The molecule has 0 bridgehead atoms. The fourth-order valence-corrected chi connectivity index (χ4v) is 4.32. The molecule has 2 fully saturated rings. The largest absolute Gasteiger partial charge is 0.396 e. The van der Waals surface area contributed by atoms with Gasteiger partial charge in [-0.1, -0.05) is 12.1 Å². The zero-order chi connectivity index (χ0) is 15.9. The van der Waals surface area contributed by atoms with Gasteiger partial charge in [0, 0.05) is 24.5 Å². The Morgan fingerprint density at radius 1 is 1.22 bits per heavy atom. The molecule has 122 valence electrons. The van der Waals surface area contributed by atoms with E-state index in [4.69, 9.17) is 4.98 Å². The maximum atomic E-state index is 10.0. The lowest BCUT2D eigenvalue weighted by molar-refractivity contribution is -0.0277. The molecule has 1 aromatic heterocycles. The number of nitrogens with zero attached hydrogens (tertiary/aromatic N) is 4. The molecule has 4 rings (SSSR count). The van der Waals surface area contributed by atoms with E-state index in [0.717, 1.165) is 49.3 Å². The number of anilines is 1. The van der Waals surface area contributed by atoms with E-state index in [1.165, 1.54) is 6.42 Å². The summed E-state index contributed by atoms with van der Waals surface area (Å²) in [5, 5.41) is 10.0.